The number of fused-ring (bicyclic) bond motifs is 1. The van der Waals surface area contributed by atoms with E-state index in [9.17, 15) is 14.7 Å². The van der Waals surface area contributed by atoms with E-state index in [2.05, 4.69) is 20.5 Å². The number of Topliss-reactive ketones (excluding diaryl/α,β-unsaturated/α-hetero) is 2. The minimum absolute atomic E-state index is 0.0241. The molecule has 36 heavy (non-hydrogen) atoms. The Balaban J connectivity index is 1.59. The lowest BCUT2D eigenvalue weighted by Crippen LogP contribution is -2.52. The molecule has 2 aliphatic rings. The Morgan fingerprint density at radius 2 is 2.03 bits per heavy atom. The molecule has 11 nitrogen and oxygen atoms in total. The van der Waals surface area contributed by atoms with Gasteiger partial charge in [-0.25, -0.2) is 4.68 Å². The van der Waals surface area contributed by atoms with Crippen LogP contribution in [0.15, 0.2) is 53.0 Å². The summed E-state index contributed by atoms with van der Waals surface area (Å²) in [7, 11) is 2.81. The Hall–Kier alpha value is -4.25. The first-order chi connectivity index (χ1) is 17.3. The summed E-state index contributed by atoms with van der Waals surface area (Å²) in [6, 6.07) is 8.40. The normalized spacial score (nSPS) is 21.3. The summed E-state index contributed by atoms with van der Waals surface area (Å²) in [5.74, 6) is -1.74. The van der Waals surface area contributed by atoms with Gasteiger partial charge in [0, 0.05) is 24.6 Å². The van der Waals surface area contributed by atoms with Crippen molar-refractivity contribution >= 4 is 35.1 Å². The van der Waals surface area contributed by atoms with Crippen molar-refractivity contribution in [2.45, 2.75) is 18.9 Å². The zero-order valence-electron chi connectivity index (χ0n) is 19.4. The number of hydrogen-bond acceptors (Lipinski definition) is 10. The van der Waals surface area contributed by atoms with Gasteiger partial charge in [0.15, 0.2) is 17.3 Å². The van der Waals surface area contributed by atoms with E-state index in [0.717, 1.165) is 0 Å². The maximum absolute atomic E-state index is 13.8. The van der Waals surface area contributed by atoms with Gasteiger partial charge in [-0.05, 0) is 28.6 Å². The number of tetrazole rings is 1. The topological polar surface area (TPSA) is 138 Å². The molecule has 1 aliphatic heterocycles. The van der Waals surface area contributed by atoms with Crippen LogP contribution in [0.5, 0.6) is 17.2 Å². The predicted octanol–water partition coefficient (Wildman–Crippen LogP) is 3.47. The molecule has 0 amide bonds. The number of allylic oxidation sites excluding steroid dienone is 1. The minimum Gasteiger partial charge on any atom is -0.507 e. The third kappa shape index (κ3) is 3.42. The van der Waals surface area contributed by atoms with E-state index < -0.39 is 23.1 Å². The second-order valence-electron chi connectivity index (χ2n) is 8.29. The van der Waals surface area contributed by atoms with E-state index in [0.29, 0.717) is 11.4 Å². The van der Waals surface area contributed by atoms with Gasteiger partial charge < -0.3 is 19.3 Å². The van der Waals surface area contributed by atoms with Crippen LogP contribution in [0, 0.1) is 5.92 Å². The number of aromatic nitrogens is 4. The van der Waals surface area contributed by atoms with Crippen LogP contribution in [-0.2, 0) is 4.79 Å². The Morgan fingerprint density at radius 3 is 2.72 bits per heavy atom. The standard InChI is InChI=1S/C24H20ClN5O6/c1-12-7-16(31)15(10-26-13-5-4-6-14(8-13)30-11-27-28-29-30)22(32)24(12)23(33)19-17(34-2)9-18(35-3)20(25)21(19)36-24/h4-6,8-12,32H,7H2,1-3H3. The van der Waals surface area contributed by atoms with E-state index in [4.69, 9.17) is 25.8 Å². The molecule has 5 rings (SSSR count). The van der Waals surface area contributed by atoms with Crippen LogP contribution in [0.2, 0.25) is 5.02 Å². The maximum Gasteiger partial charge on any atom is 0.231 e. The number of nitrogens with zero attached hydrogens (tertiary/aromatic N) is 5. The Morgan fingerprint density at radius 1 is 1.25 bits per heavy atom. The van der Waals surface area contributed by atoms with Gasteiger partial charge in [-0.1, -0.05) is 24.6 Å². The highest BCUT2D eigenvalue weighted by atomic mass is 35.5. The van der Waals surface area contributed by atoms with E-state index in [1.165, 1.54) is 37.5 Å². The van der Waals surface area contributed by atoms with Gasteiger partial charge in [-0.15, -0.1) is 5.10 Å². The molecule has 1 N–H and O–H groups in total. The number of halogens is 1. The molecule has 0 saturated carbocycles. The molecule has 1 aromatic heterocycles. The van der Waals surface area contributed by atoms with Crippen LogP contribution in [0.25, 0.3) is 5.69 Å². The fraction of sp³-hybridized carbons (Fsp3) is 0.250. The van der Waals surface area contributed by atoms with E-state index in [1.807, 2.05) is 0 Å². The summed E-state index contributed by atoms with van der Waals surface area (Å²) in [4.78, 5) is 31.0. The number of ether oxygens (including phenoxy) is 3. The molecule has 1 spiro atoms. The molecular formula is C24H20ClN5O6. The number of aliphatic hydroxyl groups excluding tert-OH is 1. The van der Waals surface area contributed by atoms with Gasteiger partial charge in [0.1, 0.15) is 28.4 Å². The lowest BCUT2D eigenvalue weighted by molar-refractivity contribution is -0.118. The smallest absolute Gasteiger partial charge is 0.231 e. The molecule has 2 aromatic carbocycles. The summed E-state index contributed by atoms with van der Waals surface area (Å²) >= 11 is 6.45. The van der Waals surface area contributed by atoms with Gasteiger partial charge in [0.2, 0.25) is 11.4 Å². The van der Waals surface area contributed by atoms with Gasteiger partial charge in [-0.2, -0.15) is 0 Å². The second kappa shape index (κ2) is 8.76. The summed E-state index contributed by atoms with van der Waals surface area (Å²) in [6.45, 7) is 1.65. The average molecular weight is 510 g/mol. The van der Waals surface area contributed by atoms with Crippen molar-refractivity contribution in [2.24, 2.45) is 10.9 Å². The number of aliphatic imine (C=N–C) groups is 1. The van der Waals surface area contributed by atoms with Crippen LogP contribution < -0.4 is 14.2 Å². The van der Waals surface area contributed by atoms with Gasteiger partial charge >= 0.3 is 0 Å². The highest BCUT2D eigenvalue weighted by molar-refractivity contribution is 6.35. The van der Waals surface area contributed by atoms with Crippen molar-refractivity contribution in [3.63, 3.8) is 0 Å². The first kappa shape index (κ1) is 23.5. The van der Waals surface area contributed by atoms with Crippen LogP contribution in [0.3, 0.4) is 0 Å². The predicted molar refractivity (Wildman–Crippen MR) is 128 cm³/mol. The Kier molecular flexibility index (Phi) is 5.71. The number of carbonyl (C=O) groups is 2. The number of benzene rings is 2. The van der Waals surface area contributed by atoms with E-state index in [1.54, 1.807) is 31.2 Å². The van der Waals surface area contributed by atoms with Gasteiger partial charge in [0.05, 0.1) is 31.2 Å². The average Bonchev–Trinajstić information content (AvgIpc) is 3.52. The molecule has 2 unspecified atom stereocenters. The monoisotopic (exact) mass is 509 g/mol. The van der Waals surface area contributed by atoms with Crippen molar-refractivity contribution in [2.75, 3.05) is 14.2 Å². The molecule has 2 atom stereocenters. The van der Waals surface area contributed by atoms with Crippen LogP contribution in [-0.4, -0.2) is 62.9 Å². The lowest BCUT2D eigenvalue weighted by atomic mass is 9.73. The van der Waals surface area contributed by atoms with E-state index >= 15 is 0 Å². The molecule has 0 saturated heterocycles. The van der Waals surface area contributed by atoms with Crippen molar-refractivity contribution < 1.29 is 28.9 Å². The number of ketones is 2. The molecule has 0 bridgehead atoms. The van der Waals surface area contributed by atoms with Gasteiger partial charge in [-0.3, -0.25) is 14.6 Å². The molecule has 0 fully saturated rings. The largest absolute Gasteiger partial charge is 0.507 e. The van der Waals surface area contributed by atoms with Gasteiger partial charge in [0.25, 0.3) is 0 Å². The molecule has 184 valence electrons. The summed E-state index contributed by atoms with van der Waals surface area (Å²) in [5, 5.41) is 22.4. The molecule has 2 heterocycles. The van der Waals surface area contributed by atoms with Crippen LogP contribution >= 0.6 is 11.6 Å². The van der Waals surface area contributed by atoms with Crippen LogP contribution in [0.1, 0.15) is 23.7 Å². The quantitative estimate of drug-likeness (QED) is 0.512. The molecule has 12 heteroatoms. The third-order valence-corrected chi connectivity index (χ3v) is 6.66. The minimum atomic E-state index is -1.87. The highest BCUT2D eigenvalue weighted by Crippen LogP contribution is 2.54. The van der Waals surface area contributed by atoms with Crippen molar-refractivity contribution in [1.29, 1.82) is 0 Å². The van der Waals surface area contributed by atoms with Crippen LogP contribution in [0.4, 0.5) is 5.69 Å². The van der Waals surface area contributed by atoms with Crippen molar-refractivity contribution in [1.82, 2.24) is 20.2 Å². The number of carbonyl (C=O) groups excluding carboxylic acids is 2. The molecule has 3 aromatic rings. The Bertz CT molecular complexity index is 1450. The zero-order valence-corrected chi connectivity index (χ0v) is 20.2. The fourth-order valence-electron chi connectivity index (χ4n) is 4.45. The molecular weight excluding hydrogens is 490 g/mol. The first-order valence-corrected chi connectivity index (χ1v) is 11.2. The number of methoxy groups -OCH3 is 2. The molecule has 1 aliphatic carbocycles. The summed E-state index contributed by atoms with van der Waals surface area (Å²) in [5.41, 5.74) is -0.811. The summed E-state index contributed by atoms with van der Waals surface area (Å²) in [6.07, 6.45) is 2.60. The zero-order chi connectivity index (χ0) is 25.6. The van der Waals surface area contributed by atoms with E-state index in [-0.39, 0.29) is 45.6 Å². The number of hydrogen-bond donors (Lipinski definition) is 1. The maximum atomic E-state index is 13.8. The first-order valence-electron chi connectivity index (χ1n) is 10.8. The summed E-state index contributed by atoms with van der Waals surface area (Å²) < 4.78 is 18.2. The second-order valence-corrected chi connectivity index (χ2v) is 8.67. The lowest BCUT2D eigenvalue weighted by Gasteiger charge is -2.36. The number of aliphatic hydroxyl groups is 1. The third-order valence-electron chi connectivity index (χ3n) is 6.30. The SMILES string of the molecule is COc1cc(OC)c2c(c1Cl)OC1(C2=O)C(O)=C(C=Nc2cccc(-n3cnnn3)c2)C(=O)CC1C. The van der Waals surface area contributed by atoms with Crippen molar-refractivity contribution in [3.05, 3.63) is 58.6 Å². The Labute approximate surface area is 209 Å². The number of rotatable bonds is 5. The highest BCUT2D eigenvalue weighted by Gasteiger charge is 2.60. The van der Waals surface area contributed by atoms with Crippen molar-refractivity contribution in [3.8, 4) is 22.9 Å². The molecule has 0 radical (unpaired) electrons. The fourth-order valence-corrected chi connectivity index (χ4v) is 4.71.